The van der Waals surface area contributed by atoms with Crippen LogP contribution in [0.1, 0.15) is 15.9 Å². The van der Waals surface area contributed by atoms with Gasteiger partial charge in [-0.3, -0.25) is 4.79 Å². The molecule has 1 amide bonds. The van der Waals surface area contributed by atoms with Crippen molar-refractivity contribution in [2.75, 3.05) is 19.3 Å². The van der Waals surface area contributed by atoms with Crippen LogP contribution in [0.3, 0.4) is 0 Å². The van der Waals surface area contributed by atoms with Crippen LogP contribution in [0.15, 0.2) is 71.0 Å². The Bertz CT molecular complexity index is 1040. The van der Waals surface area contributed by atoms with Crippen molar-refractivity contribution in [2.45, 2.75) is 16.2 Å². The normalized spacial score (nSPS) is 11.8. The molecule has 28 heavy (non-hydrogen) atoms. The standard InChI is InChI=1S/C19H22N2O5S2/c1-3-13-21-28(25,26)18-10-6-16(7-11-18)19(22)20-14-12-15-4-8-17(9-5-15)27(2,23)24/h3-11,21H,1,12-14H2,2H3,(H,20,22). The SMILES string of the molecule is C=CCNS(=O)(=O)c1ccc(C(=O)NCCc2ccc(S(C)(=O)=O)cc2)cc1. The molecule has 0 aliphatic rings. The van der Waals surface area contributed by atoms with E-state index in [-0.39, 0.29) is 22.2 Å². The number of carbonyl (C=O) groups is 1. The van der Waals surface area contributed by atoms with E-state index in [9.17, 15) is 21.6 Å². The second-order valence-electron chi connectivity index (χ2n) is 6.09. The Kier molecular flexibility index (Phi) is 7.11. The summed E-state index contributed by atoms with van der Waals surface area (Å²) in [7, 11) is -6.86. The third-order valence-electron chi connectivity index (χ3n) is 3.90. The highest BCUT2D eigenvalue weighted by Gasteiger charge is 2.14. The van der Waals surface area contributed by atoms with Crippen LogP contribution in [0.25, 0.3) is 0 Å². The van der Waals surface area contributed by atoms with Crippen molar-refractivity contribution in [1.29, 1.82) is 0 Å². The minimum atomic E-state index is -3.63. The molecule has 9 heteroatoms. The molecule has 2 aromatic carbocycles. The molecule has 0 radical (unpaired) electrons. The van der Waals surface area contributed by atoms with Gasteiger partial charge in [-0.05, 0) is 48.4 Å². The summed E-state index contributed by atoms with van der Waals surface area (Å²) in [6, 6.07) is 12.1. The number of amides is 1. The summed E-state index contributed by atoms with van der Waals surface area (Å²) in [4.78, 5) is 12.5. The maximum Gasteiger partial charge on any atom is 0.251 e. The summed E-state index contributed by atoms with van der Waals surface area (Å²) >= 11 is 0. The van der Waals surface area contributed by atoms with Crippen LogP contribution in [0.4, 0.5) is 0 Å². The lowest BCUT2D eigenvalue weighted by atomic mass is 10.1. The van der Waals surface area contributed by atoms with E-state index in [4.69, 9.17) is 0 Å². The van der Waals surface area contributed by atoms with Crippen LogP contribution < -0.4 is 10.0 Å². The second-order valence-corrected chi connectivity index (χ2v) is 9.87. The molecule has 2 N–H and O–H groups in total. The highest BCUT2D eigenvalue weighted by atomic mass is 32.2. The maximum atomic E-state index is 12.2. The summed E-state index contributed by atoms with van der Waals surface area (Å²) in [6.45, 7) is 3.93. The van der Waals surface area contributed by atoms with E-state index >= 15 is 0 Å². The summed E-state index contributed by atoms with van der Waals surface area (Å²) in [5.41, 5.74) is 1.23. The first-order chi connectivity index (χ1) is 13.1. The molecule has 0 fully saturated rings. The first-order valence-corrected chi connectivity index (χ1v) is 11.8. The maximum absolute atomic E-state index is 12.2. The van der Waals surface area contributed by atoms with Gasteiger partial charge in [-0.2, -0.15) is 0 Å². The first kappa shape index (κ1) is 21.8. The highest BCUT2D eigenvalue weighted by Crippen LogP contribution is 2.12. The number of nitrogens with one attached hydrogen (secondary N) is 2. The molecule has 0 heterocycles. The fraction of sp³-hybridized carbons (Fsp3) is 0.211. The van der Waals surface area contributed by atoms with E-state index < -0.39 is 19.9 Å². The van der Waals surface area contributed by atoms with Crippen molar-refractivity contribution in [3.05, 3.63) is 72.3 Å². The molecule has 150 valence electrons. The Hall–Kier alpha value is -2.49. The van der Waals surface area contributed by atoms with Gasteiger partial charge in [-0.1, -0.05) is 18.2 Å². The largest absolute Gasteiger partial charge is 0.352 e. The Morgan fingerprint density at radius 3 is 2.07 bits per heavy atom. The van der Waals surface area contributed by atoms with Crippen molar-refractivity contribution in [2.24, 2.45) is 0 Å². The van der Waals surface area contributed by atoms with Crippen LogP contribution >= 0.6 is 0 Å². The number of hydrogen-bond donors (Lipinski definition) is 2. The van der Waals surface area contributed by atoms with Gasteiger partial charge >= 0.3 is 0 Å². The molecule has 0 atom stereocenters. The molecular formula is C19H22N2O5S2. The molecule has 0 aliphatic heterocycles. The summed E-state index contributed by atoms with van der Waals surface area (Å²) < 4.78 is 49.2. The summed E-state index contributed by atoms with van der Waals surface area (Å²) in [5.74, 6) is -0.323. The number of benzene rings is 2. The lowest BCUT2D eigenvalue weighted by molar-refractivity contribution is 0.0954. The van der Waals surface area contributed by atoms with Crippen LogP contribution in [-0.2, 0) is 26.3 Å². The summed E-state index contributed by atoms with van der Waals surface area (Å²) in [6.07, 6.45) is 3.12. The Balaban J connectivity index is 1.92. The van der Waals surface area contributed by atoms with Gasteiger partial charge in [0, 0.05) is 24.9 Å². The minimum Gasteiger partial charge on any atom is -0.352 e. The molecule has 0 bridgehead atoms. The highest BCUT2D eigenvalue weighted by molar-refractivity contribution is 7.90. The molecule has 0 unspecified atom stereocenters. The lowest BCUT2D eigenvalue weighted by Crippen LogP contribution is -2.26. The van der Waals surface area contributed by atoms with E-state index in [0.717, 1.165) is 11.8 Å². The van der Waals surface area contributed by atoms with Gasteiger partial charge in [-0.25, -0.2) is 21.6 Å². The average Bonchev–Trinajstić information content (AvgIpc) is 2.66. The third kappa shape index (κ3) is 6.01. The zero-order valence-corrected chi connectivity index (χ0v) is 17.0. The molecule has 0 aliphatic carbocycles. The van der Waals surface area contributed by atoms with Gasteiger partial charge in [0.25, 0.3) is 5.91 Å². The van der Waals surface area contributed by atoms with E-state index in [2.05, 4.69) is 16.6 Å². The number of rotatable bonds is 9. The van der Waals surface area contributed by atoms with E-state index in [1.54, 1.807) is 12.1 Å². The topological polar surface area (TPSA) is 109 Å². The van der Waals surface area contributed by atoms with Gasteiger partial charge in [0.2, 0.25) is 10.0 Å². The fourth-order valence-electron chi connectivity index (χ4n) is 2.36. The molecule has 2 aromatic rings. The molecule has 2 rings (SSSR count). The zero-order chi connectivity index (χ0) is 20.8. The van der Waals surface area contributed by atoms with Gasteiger partial charge in [0.1, 0.15) is 0 Å². The monoisotopic (exact) mass is 422 g/mol. The fourth-order valence-corrected chi connectivity index (χ4v) is 3.99. The van der Waals surface area contributed by atoms with E-state index in [1.165, 1.54) is 42.5 Å². The van der Waals surface area contributed by atoms with Crippen molar-refractivity contribution in [1.82, 2.24) is 10.0 Å². The van der Waals surface area contributed by atoms with Crippen molar-refractivity contribution in [3.63, 3.8) is 0 Å². The zero-order valence-electron chi connectivity index (χ0n) is 15.4. The van der Waals surface area contributed by atoms with Gasteiger partial charge in [0.05, 0.1) is 9.79 Å². The predicted molar refractivity (Wildman–Crippen MR) is 107 cm³/mol. The molecule has 0 aromatic heterocycles. The minimum absolute atomic E-state index is 0.0665. The van der Waals surface area contributed by atoms with Gasteiger partial charge < -0.3 is 5.32 Å². The smallest absolute Gasteiger partial charge is 0.251 e. The van der Waals surface area contributed by atoms with Crippen molar-refractivity contribution in [3.8, 4) is 0 Å². The average molecular weight is 423 g/mol. The summed E-state index contributed by atoms with van der Waals surface area (Å²) in [5, 5.41) is 2.75. The van der Waals surface area contributed by atoms with E-state index in [1.807, 2.05) is 0 Å². The quantitative estimate of drug-likeness (QED) is 0.596. The first-order valence-electron chi connectivity index (χ1n) is 8.41. The molecular weight excluding hydrogens is 400 g/mol. The van der Waals surface area contributed by atoms with Gasteiger partial charge in [-0.15, -0.1) is 6.58 Å². The Morgan fingerprint density at radius 1 is 0.964 bits per heavy atom. The van der Waals surface area contributed by atoms with Crippen LogP contribution in [0, 0.1) is 0 Å². The van der Waals surface area contributed by atoms with Crippen LogP contribution in [0.5, 0.6) is 0 Å². The van der Waals surface area contributed by atoms with Crippen molar-refractivity contribution < 1.29 is 21.6 Å². The molecule has 0 spiro atoms. The third-order valence-corrected chi connectivity index (χ3v) is 6.46. The Morgan fingerprint density at radius 2 is 1.54 bits per heavy atom. The number of sulfonamides is 1. The second kappa shape index (κ2) is 9.13. The number of hydrogen-bond acceptors (Lipinski definition) is 5. The molecule has 0 saturated carbocycles. The molecule has 7 nitrogen and oxygen atoms in total. The van der Waals surface area contributed by atoms with E-state index in [0.29, 0.717) is 18.5 Å². The number of sulfone groups is 1. The Labute approximate surface area is 165 Å². The van der Waals surface area contributed by atoms with Crippen LogP contribution in [0.2, 0.25) is 0 Å². The lowest BCUT2D eigenvalue weighted by Gasteiger charge is -2.08. The number of carbonyl (C=O) groups excluding carboxylic acids is 1. The predicted octanol–water partition coefficient (Wildman–Crippen LogP) is 1.53. The van der Waals surface area contributed by atoms with Gasteiger partial charge in [0.15, 0.2) is 9.84 Å². The van der Waals surface area contributed by atoms with Crippen molar-refractivity contribution >= 4 is 25.8 Å². The molecule has 0 saturated heterocycles. The van der Waals surface area contributed by atoms with Crippen LogP contribution in [-0.4, -0.2) is 42.1 Å².